The minimum absolute atomic E-state index is 0.108. The van der Waals surface area contributed by atoms with Crippen molar-refractivity contribution in [3.05, 3.63) is 75.5 Å². The summed E-state index contributed by atoms with van der Waals surface area (Å²) in [6.07, 6.45) is 2.14. The maximum absolute atomic E-state index is 12.8. The van der Waals surface area contributed by atoms with Gasteiger partial charge in [0.2, 0.25) is 0 Å². The Morgan fingerprint density at radius 2 is 1.91 bits per heavy atom. The normalized spacial score (nSPS) is 10.7. The first kappa shape index (κ1) is 14.6. The third kappa shape index (κ3) is 2.30. The molecule has 0 saturated heterocycles. The van der Waals surface area contributed by atoms with E-state index >= 15 is 0 Å². The van der Waals surface area contributed by atoms with Crippen LogP contribution in [0.15, 0.2) is 48.7 Å². The largest absolute Gasteiger partial charge is 0.298 e. The molecule has 23 heavy (non-hydrogen) atoms. The van der Waals surface area contributed by atoms with Crippen molar-refractivity contribution in [1.82, 2.24) is 4.57 Å². The first-order chi connectivity index (χ1) is 11.0. The third-order valence-electron chi connectivity index (χ3n) is 3.82. The van der Waals surface area contributed by atoms with Crippen molar-refractivity contribution in [1.29, 1.82) is 0 Å². The molecule has 1 aromatic heterocycles. The Bertz CT molecular complexity index is 956. The molecule has 6 nitrogen and oxygen atoms in total. The van der Waals surface area contributed by atoms with Crippen molar-refractivity contribution in [3.63, 3.8) is 0 Å². The van der Waals surface area contributed by atoms with Crippen LogP contribution in [-0.2, 0) is 0 Å². The molecule has 0 fully saturated rings. The number of nitrogens with zero attached hydrogens (tertiary/aromatic N) is 2. The molecule has 0 spiro atoms. The summed E-state index contributed by atoms with van der Waals surface area (Å²) in [5, 5.41) is 11.7. The lowest BCUT2D eigenvalue weighted by atomic mass is 10.1. The predicted molar refractivity (Wildman–Crippen MR) is 84.9 cm³/mol. The van der Waals surface area contributed by atoms with E-state index in [1.807, 2.05) is 0 Å². The van der Waals surface area contributed by atoms with E-state index in [2.05, 4.69) is 0 Å². The highest BCUT2D eigenvalue weighted by molar-refractivity contribution is 6.07. The van der Waals surface area contributed by atoms with Gasteiger partial charge in [0.25, 0.3) is 11.6 Å². The highest BCUT2D eigenvalue weighted by atomic mass is 16.6. The van der Waals surface area contributed by atoms with Gasteiger partial charge < -0.3 is 0 Å². The van der Waals surface area contributed by atoms with Crippen LogP contribution < -0.4 is 0 Å². The van der Waals surface area contributed by atoms with Gasteiger partial charge in [-0.05, 0) is 19.1 Å². The number of para-hydroxylation sites is 1. The van der Waals surface area contributed by atoms with Crippen molar-refractivity contribution in [2.75, 3.05) is 0 Å². The lowest BCUT2D eigenvalue weighted by molar-refractivity contribution is -0.385. The number of rotatable bonds is 3. The number of benzene rings is 2. The molecular weight excluding hydrogens is 296 g/mol. The summed E-state index contributed by atoms with van der Waals surface area (Å²) in [4.78, 5) is 34.5. The van der Waals surface area contributed by atoms with Crippen LogP contribution in [0.3, 0.4) is 0 Å². The van der Waals surface area contributed by atoms with E-state index in [1.165, 1.54) is 29.8 Å². The Balaban J connectivity index is 2.21. The van der Waals surface area contributed by atoms with Crippen molar-refractivity contribution < 1.29 is 14.5 Å². The topological polar surface area (TPSA) is 82.2 Å². The molecule has 0 amide bonds. The zero-order valence-corrected chi connectivity index (χ0v) is 12.2. The Hall–Kier alpha value is -3.28. The zero-order chi connectivity index (χ0) is 16.6. The summed E-state index contributed by atoms with van der Waals surface area (Å²) in [6.45, 7) is 1.54. The van der Waals surface area contributed by atoms with Gasteiger partial charge in [-0.25, -0.2) is 0 Å². The van der Waals surface area contributed by atoms with Gasteiger partial charge in [-0.3, -0.25) is 24.3 Å². The van der Waals surface area contributed by atoms with Crippen LogP contribution in [0.1, 0.15) is 26.3 Å². The highest BCUT2D eigenvalue weighted by Gasteiger charge is 2.21. The first-order valence-corrected chi connectivity index (χ1v) is 6.88. The zero-order valence-electron chi connectivity index (χ0n) is 12.2. The molecule has 6 heteroatoms. The third-order valence-corrected chi connectivity index (χ3v) is 3.82. The number of hydrogen-bond acceptors (Lipinski definition) is 4. The molecule has 0 atom stereocenters. The van der Waals surface area contributed by atoms with Crippen molar-refractivity contribution in [2.24, 2.45) is 0 Å². The second-order valence-corrected chi connectivity index (χ2v) is 5.10. The molecule has 114 valence electrons. The smallest absolute Gasteiger partial charge is 0.273 e. The van der Waals surface area contributed by atoms with Gasteiger partial charge in [-0.1, -0.05) is 24.3 Å². The van der Waals surface area contributed by atoms with E-state index in [4.69, 9.17) is 0 Å². The van der Waals surface area contributed by atoms with Gasteiger partial charge >= 0.3 is 0 Å². The molecule has 0 radical (unpaired) electrons. The summed E-state index contributed by atoms with van der Waals surface area (Å²) in [5.41, 5.74) is 1.41. The summed E-state index contributed by atoms with van der Waals surface area (Å²) >= 11 is 0. The number of carbonyl (C=O) groups excluding carboxylic acids is 2. The molecule has 2 aromatic carbocycles. The first-order valence-electron chi connectivity index (χ1n) is 6.88. The number of nitro benzene ring substituents is 1. The summed E-state index contributed by atoms with van der Waals surface area (Å²) in [6, 6.07) is 11.4. The molecule has 0 unspecified atom stereocenters. The Kier molecular flexibility index (Phi) is 3.50. The van der Waals surface area contributed by atoms with E-state index < -0.39 is 10.8 Å². The number of carbonyl (C=O) groups is 2. The quantitative estimate of drug-likeness (QED) is 0.422. The average molecular weight is 308 g/mol. The van der Waals surface area contributed by atoms with Gasteiger partial charge in [-0.15, -0.1) is 0 Å². The van der Waals surface area contributed by atoms with Crippen LogP contribution in [0.2, 0.25) is 0 Å². The maximum atomic E-state index is 12.8. The van der Waals surface area contributed by atoms with Crippen LogP contribution in [0, 0.1) is 17.0 Å². The SMILES string of the molecule is Cc1c(C(=O)n2cc(C=O)c3ccccc32)cccc1[N+](=O)[O-]. The van der Waals surface area contributed by atoms with Crippen LogP contribution in [0.4, 0.5) is 5.69 Å². The van der Waals surface area contributed by atoms with E-state index in [-0.39, 0.29) is 11.3 Å². The van der Waals surface area contributed by atoms with E-state index in [9.17, 15) is 19.7 Å². The minimum atomic E-state index is -0.517. The van der Waals surface area contributed by atoms with Gasteiger partial charge in [0.05, 0.1) is 16.0 Å². The lowest BCUT2D eigenvalue weighted by Gasteiger charge is -2.07. The summed E-state index contributed by atoms with van der Waals surface area (Å²) in [5.74, 6) is -0.407. The molecule has 0 aliphatic heterocycles. The second kappa shape index (κ2) is 5.49. The van der Waals surface area contributed by atoms with Crippen LogP contribution in [0.25, 0.3) is 10.9 Å². The standard InChI is InChI=1S/C17H12N2O4/c1-11-13(6-4-8-15(11)19(22)23)17(21)18-9-12(10-20)14-5-2-3-7-16(14)18/h2-10H,1H3. The molecule has 0 N–H and O–H groups in total. The number of hydrogen-bond donors (Lipinski definition) is 0. The predicted octanol–water partition coefficient (Wildman–Crippen LogP) is 3.36. The fourth-order valence-electron chi connectivity index (χ4n) is 2.65. The van der Waals surface area contributed by atoms with Crippen molar-refractivity contribution >= 4 is 28.8 Å². The molecule has 1 heterocycles. The fraction of sp³-hybridized carbons (Fsp3) is 0.0588. The van der Waals surface area contributed by atoms with Gasteiger partial charge in [0.1, 0.15) is 0 Å². The van der Waals surface area contributed by atoms with E-state index in [0.29, 0.717) is 28.3 Å². The van der Waals surface area contributed by atoms with Crippen molar-refractivity contribution in [3.8, 4) is 0 Å². The molecular formula is C17H12N2O4. The number of fused-ring (bicyclic) bond motifs is 1. The van der Waals surface area contributed by atoms with E-state index in [0.717, 1.165) is 0 Å². The Morgan fingerprint density at radius 1 is 1.17 bits per heavy atom. The minimum Gasteiger partial charge on any atom is -0.298 e. The summed E-state index contributed by atoms with van der Waals surface area (Å²) < 4.78 is 1.35. The number of aromatic nitrogens is 1. The molecule has 0 aliphatic carbocycles. The van der Waals surface area contributed by atoms with Crippen LogP contribution in [0.5, 0.6) is 0 Å². The van der Waals surface area contributed by atoms with Gasteiger partial charge in [0.15, 0.2) is 6.29 Å². The van der Waals surface area contributed by atoms with Crippen LogP contribution in [-0.4, -0.2) is 21.7 Å². The molecule has 0 aliphatic rings. The number of nitro groups is 1. The Labute approximate surface area is 131 Å². The molecule has 0 saturated carbocycles. The second-order valence-electron chi connectivity index (χ2n) is 5.10. The van der Waals surface area contributed by atoms with Gasteiger partial charge in [-0.2, -0.15) is 0 Å². The number of aldehydes is 1. The fourth-order valence-corrected chi connectivity index (χ4v) is 2.65. The molecule has 0 bridgehead atoms. The average Bonchev–Trinajstić information content (AvgIpc) is 2.93. The highest BCUT2D eigenvalue weighted by Crippen LogP contribution is 2.25. The van der Waals surface area contributed by atoms with Crippen molar-refractivity contribution in [2.45, 2.75) is 6.92 Å². The lowest BCUT2D eigenvalue weighted by Crippen LogP contribution is -2.13. The molecule has 3 aromatic rings. The summed E-state index contributed by atoms with van der Waals surface area (Å²) in [7, 11) is 0. The monoisotopic (exact) mass is 308 g/mol. The van der Waals surface area contributed by atoms with E-state index in [1.54, 1.807) is 30.3 Å². The Morgan fingerprint density at radius 3 is 2.61 bits per heavy atom. The van der Waals surface area contributed by atoms with Crippen LogP contribution >= 0.6 is 0 Å². The van der Waals surface area contributed by atoms with Gasteiger partial charge in [0, 0.05) is 28.8 Å². The maximum Gasteiger partial charge on any atom is 0.273 e. The molecule has 3 rings (SSSR count).